The van der Waals surface area contributed by atoms with Crippen LogP contribution >= 0.6 is 0 Å². The van der Waals surface area contributed by atoms with Gasteiger partial charge in [0.1, 0.15) is 5.82 Å². The van der Waals surface area contributed by atoms with E-state index in [2.05, 4.69) is 34.7 Å². The summed E-state index contributed by atoms with van der Waals surface area (Å²) in [5, 5.41) is 3.38. The average molecular weight is 227 g/mol. The van der Waals surface area contributed by atoms with Crippen LogP contribution in [0.3, 0.4) is 0 Å². The van der Waals surface area contributed by atoms with Gasteiger partial charge in [-0.1, -0.05) is 24.6 Å². The molecular formula is C14H17N3. The Bertz CT molecular complexity index is 502. The normalized spacial score (nSPS) is 17.1. The molecule has 1 saturated heterocycles. The number of fused-ring (bicyclic) bond motifs is 1. The smallest absolute Gasteiger partial charge is 0.143 e. The van der Waals surface area contributed by atoms with Crippen molar-refractivity contribution in [3.8, 4) is 0 Å². The maximum atomic E-state index is 4.70. The van der Waals surface area contributed by atoms with Gasteiger partial charge < -0.3 is 0 Å². The molecular weight excluding hydrogens is 210 g/mol. The highest BCUT2D eigenvalue weighted by Gasteiger charge is 2.10. The van der Waals surface area contributed by atoms with E-state index < -0.39 is 0 Å². The molecule has 88 valence electrons. The minimum atomic E-state index is 1.03. The fourth-order valence-corrected chi connectivity index (χ4v) is 2.27. The summed E-state index contributed by atoms with van der Waals surface area (Å²) >= 11 is 0. The van der Waals surface area contributed by atoms with Crippen LogP contribution in [0, 0.1) is 0 Å². The predicted molar refractivity (Wildman–Crippen MR) is 70.9 cm³/mol. The zero-order valence-electron chi connectivity index (χ0n) is 9.89. The van der Waals surface area contributed by atoms with E-state index in [1.165, 1.54) is 24.6 Å². The molecule has 1 aromatic carbocycles. The number of benzene rings is 1. The van der Waals surface area contributed by atoms with E-state index in [0.29, 0.717) is 0 Å². The molecule has 3 rings (SSSR count). The van der Waals surface area contributed by atoms with Crippen molar-refractivity contribution in [2.75, 3.05) is 18.1 Å². The monoisotopic (exact) mass is 227 g/mol. The van der Waals surface area contributed by atoms with Crippen molar-refractivity contribution in [2.45, 2.75) is 19.3 Å². The molecule has 0 radical (unpaired) electrons. The highest BCUT2D eigenvalue weighted by Crippen LogP contribution is 2.18. The number of rotatable bonds is 1. The second-order valence-corrected chi connectivity index (χ2v) is 4.48. The van der Waals surface area contributed by atoms with Crippen LogP contribution in [0.15, 0.2) is 36.4 Å². The summed E-state index contributed by atoms with van der Waals surface area (Å²) in [4.78, 5) is 4.70. The lowest BCUT2D eigenvalue weighted by molar-refractivity contribution is 0.654. The Morgan fingerprint density at radius 2 is 1.94 bits per heavy atom. The van der Waals surface area contributed by atoms with Gasteiger partial charge in [-0.2, -0.15) is 0 Å². The average Bonchev–Trinajstić information content (AvgIpc) is 2.67. The summed E-state index contributed by atoms with van der Waals surface area (Å²) in [5.74, 6) is 1.03. The summed E-state index contributed by atoms with van der Waals surface area (Å²) in [6.45, 7) is 2.10. The number of para-hydroxylation sites is 1. The van der Waals surface area contributed by atoms with E-state index in [-0.39, 0.29) is 0 Å². The van der Waals surface area contributed by atoms with Crippen molar-refractivity contribution in [3.63, 3.8) is 0 Å². The van der Waals surface area contributed by atoms with Crippen molar-refractivity contribution in [3.05, 3.63) is 36.4 Å². The van der Waals surface area contributed by atoms with E-state index in [1.807, 2.05) is 12.1 Å². The first-order valence-electron chi connectivity index (χ1n) is 6.30. The van der Waals surface area contributed by atoms with E-state index in [4.69, 9.17) is 4.98 Å². The van der Waals surface area contributed by atoms with Crippen LogP contribution in [0.2, 0.25) is 0 Å². The Hall–Kier alpha value is -1.61. The Kier molecular flexibility index (Phi) is 2.92. The standard InChI is InChI=1S/C14H17N3/c1-4-10-15-17(11-5-1)14-9-8-12-6-2-3-7-13(12)16-14/h2-3,6-9,15H,1,4-5,10-11H2. The molecule has 0 spiro atoms. The molecule has 0 bridgehead atoms. The second-order valence-electron chi connectivity index (χ2n) is 4.48. The van der Waals surface area contributed by atoms with Gasteiger partial charge in [0.15, 0.2) is 0 Å². The number of nitrogens with one attached hydrogen (secondary N) is 1. The number of aromatic nitrogens is 1. The van der Waals surface area contributed by atoms with Gasteiger partial charge in [-0.25, -0.2) is 10.4 Å². The Morgan fingerprint density at radius 3 is 2.94 bits per heavy atom. The van der Waals surface area contributed by atoms with Crippen LogP contribution in [-0.4, -0.2) is 18.1 Å². The number of nitrogens with zero attached hydrogens (tertiary/aromatic N) is 2. The first kappa shape index (κ1) is 10.5. The third-order valence-electron chi connectivity index (χ3n) is 3.22. The largest absolute Gasteiger partial charge is 0.292 e. The molecule has 2 heterocycles. The first-order chi connectivity index (χ1) is 8.43. The van der Waals surface area contributed by atoms with Gasteiger partial charge in [-0.05, 0) is 31.0 Å². The third kappa shape index (κ3) is 2.24. The molecule has 1 aromatic heterocycles. The van der Waals surface area contributed by atoms with Crippen LogP contribution in [0.4, 0.5) is 5.82 Å². The van der Waals surface area contributed by atoms with E-state index in [9.17, 15) is 0 Å². The maximum Gasteiger partial charge on any atom is 0.143 e. The molecule has 1 N–H and O–H groups in total. The number of pyridine rings is 1. The van der Waals surface area contributed by atoms with Crippen molar-refractivity contribution in [1.82, 2.24) is 10.4 Å². The molecule has 0 atom stereocenters. The zero-order valence-corrected chi connectivity index (χ0v) is 9.89. The van der Waals surface area contributed by atoms with Gasteiger partial charge in [0.05, 0.1) is 5.52 Å². The van der Waals surface area contributed by atoms with E-state index >= 15 is 0 Å². The summed E-state index contributed by atoms with van der Waals surface area (Å²) in [6.07, 6.45) is 3.79. The van der Waals surface area contributed by atoms with Gasteiger partial charge in [-0.15, -0.1) is 0 Å². The molecule has 17 heavy (non-hydrogen) atoms. The molecule has 1 aliphatic rings. The summed E-state index contributed by atoms with van der Waals surface area (Å²) < 4.78 is 0. The quantitative estimate of drug-likeness (QED) is 0.812. The molecule has 0 saturated carbocycles. The van der Waals surface area contributed by atoms with Crippen molar-refractivity contribution in [2.24, 2.45) is 0 Å². The molecule has 3 heteroatoms. The van der Waals surface area contributed by atoms with Gasteiger partial charge in [-0.3, -0.25) is 5.01 Å². The lowest BCUT2D eigenvalue weighted by Gasteiger charge is -2.22. The molecule has 0 unspecified atom stereocenters. The van der Waals surface area contributed by atoms with Crippen LogP contribution in [0.25, 0.3) is 10.9 Å². The Balaban J connectivity index is 1.93. The summed E-state index contributed by atoms with van der Waals surface area (Å²) in [5.41, 5.74) is 4.50. The van der Waals surface area contributed by atoms with Crippen LogP contribution in [0.5, 0.6) is 0 Å². The van der Waals surface area contributed by atoms with Crippen molar-refractivity contribution in [1.29, 1.82) is 0 Å². The van der Waals surface area contributed by atoms with Gasteiger partial charge in [0, 0.05) is 18.5 Å². The molecule has 1 fully saturated rings. The lowest BCUT2D eigenvalue weighted by Crippen LogP contribution is -2.38. The maximum absolute atomic E-state index is 4.70. The summed E-state index contributed by atoms with van der Waals surface area (Å²) in [7, 11) is 0. The van der Waals surface area contributed by atoms with Gasteiger partial charge in [0.2, 0.25) is 0 Å². The first-order valence-corrected chi connectivity index (χ1v) is 6.30. The lowest BCUT2D eigenvalue weighted by atomic mass is 10.2. The SMILES string of the molecule is c1ccc2nc(N3CCCCCN3)ccc2c1. The Labute approximate surface area is 101 Å². The number of hydrazine groups is 1. The van der Waals surface area contributed by atoms with Crippen LogP contribution in [0.1, 0.15) is 19.3 Å². The van der Waals surface area contributed by atoms with E-state index in [0.717, 1.165) is 24.4 Å². The topological polar surface area (TPSA) is 28.2 Å². The predicted octanol–water partition coefficient (Wildman–Crippen LogP) is 2.73. The van der Waals surface area contributed by atoms with E-state index in [1.54, 1.807) is 0 Å². The minimum Gasteiger partial charge on any atom is -0.292 e. The van der Waals surface area contributed by atoms with Crippen molar-refractivity contribution < 1.29 is 0 Å². The zero-order chi connectivity index (χ0) is 11.5. The second kappa shape index (κ2) is 4.72. The minimum absolute atomic E-state index is 1.03. The van der Waals surface area contributed by atoms with Crippen LogP contribution < -0.4 is 10.4 Å². The highest BCUT2D eigenvalue weighted by molar-refractivity contribution is 5.80. The number of hydrogen-bond donors (Lipinski definition) is 1. The van der Waals surface area contributed by atoms with Gasteiger partial charge >= 0.3 is 0 Å². The Morgan fingerprint density at radius 1 is 1.00 bits per heavy atom. The van der Waals surface area contributed by atoms with Crippen LogP contribution in [-0.2, 0) is 0 Å². The molecule has 0 amide bonds. The number of anilines is 1. The molecule has 2 aromatic rings. The fourth-order valence-electron chi connectivity index (χ4n) is 2.27. The fraction of sp³-hybridized carbons (Fsp3) is 0.357. The highest BCUT2D eigenvalue weighted by atomic mass is 15.5. The molecule has 0 aliphatic carbocycles. The number of hydrogen-bond acceptors (Lipinski definition) is 3. The van der Waals surface area contributed by atoms with Crippen molar-refractivity contribution >= 4 is 16.7 Å². The third-order valence-corrected chi connectivity index (χ3v) is 3.22. The molecule has 1 aliphatic heterocycles. The van der Waals surface area contributed by atoms with Gasteiger partial charge in [0.25, 0.3) is 0 Å². The summed E-state index contributed by atoms with van der Waals surface area (Å²) in [6, 6.07) is 12.5. The molecule has 3 nitrogen and oxygen atoms in total.